The minimum atomic E-state index is -3.72. The summed E-state index contributed by atoms with van der Waals surface area (Å²) in [5, 5.41) is 11.2. The van der Waals surface area contributed by atoms with Crippen LogP contribution in [0.1, 0.15) is 19.4 Å². The average molecular weight is 362 g/mol. The second-order valence-electron chi connectivity index (χ2n) is 6.13. The van der Waals surface area contributed by atoms with Crippen LogP contribution in [-0.2, 0) is 21.2 Å². The fraction of sp³-hybridized carbons (Fsp3) is 0.278. The van der Waals surface area contributed by atoms with Gasteiger partial charge in [-0.15, -0.1) is 0 Å². The minimum Gasteiger partial charge on any atom is -0.387 e. The predicted molar refractivity (Wildman–Crippen MR) is 98.0 cm³/mol. The molecule has 0 atom stereocenters. The Balaban J connectivity index is 2.15. The van der Waals surface area contributed by atoms with E-state index in [0.717, 1.165) is 12.0 Å². The van der Waals surface area contributed by atoms with Gasteiger partial charge < -0.3 is 10.4 Å². The van der Waals surface area contributed by atoms with Crippen molar-refractivity contribution in [1.29, 1.82) is 0 Å². The van der Waals surface area contributed by atoms with Crippen molar-refractivity contribution in [2.24, 2.45) is 5.92 Å². The summed E-state index contributed by atoms with van der Waals surface area (Å²) < 4.78 is 27.5. The molecule has 2 aromatic rings. The van der Waals surface area contributed by atoms with Crippen LogP contribution in [0.15, 0.2) is 53.4 Å². The van der Waals surface area contributed by atoms with Crippen molar-refractivity contribution in [3.8, 4) is 0 Å². The number of carbonyl (C=O) groups excluding carboxylic acids is 1. The predicted octanol–water partition coefficient (Wildman–Crippen LogP) is 2.62. The molecular formula is C18H22N2O4S. The Kier molecular flexibility index (Phi) is 6.17. The zero-order valence-corrected chi connectivity index (χ0v) is 15.0. The normalized spacial score (nSPS) is 11.4. The minimum absolute atomic E-state index is 0.171. The van der Waals surface area contributed by atoms with Crippen LogP contribution in [0.2, 0.25) is 0 Å². The largest absolute Gasteiger partial charge is 0.387 e. The van der Waals surface area contributed by atoms with E-state index in [4.69, 9.17) is 5.11 Å². The van der Waals surface area contributed by atoms with Crippen molar-refractivity contribution in [3.63, 3.8) is 0 Å². The number of aliphatic hydroxyl groups is 1. The molecule has 25 heavy (non-hydrogen) atoms. The van der Waals surface area contributed by atoms with Gasteiger partial charge in [-0.2, -0.15) is 0 Å². The molecule has 0 aliphatic carbocycles. The van der Waals surface area contributed by atoms with Crippen molar-refractivity contribution < 1.29 is 18.3 Å². The first-order chi connectivity index (χ1) is 11.8. The molecule has 7 heteroatoms. The Morgan fingerprint density at radius 2 is 1.72 bits per heavy atom. The second kappa shape index (κ2) is 8.13. The van der Waals surface area contributed by atoms with E-state index in [1.807, 2.05) is 12.1 Å². The Morgan fingerprint density at radius 1 is 1.08 bits per heavy atom. The molecule has 0 heterocycles. The molecule has 0 spiro atoms. The van der Waals surface area contributed by atoms with Crippen LogP contribution in [0, 0.1) is 5.92 Å². The third-order valence-corrected chi connectivity index (χ3v) is 4.82. The van der Waals surface area contributed by atoms with Gasteiger partial charge in [-0.1, -0.05) is 32.0 Å². The van der Waals surface area contributed by atoms with E-state index >= 15 is 0 Å². The molecule has 1 amide bonds. The molecule has 0 aliphatic rings. The number of aliphatic hydroxyl groups excluding tert-OH is 1. The smallest absolute Gasteiger partial charge is 0.261 e. The fourth-order valence-electron chi connectivity index (χ4n) is 2.35. The molecule has 134 valence electrons. The lowest BCUT2D eigenvalue weighted by atomic mass is 10.0. The van der Waals surface area contributed by atoms with Gasteiger partial charge in [0.2, 0.25) is 5.91 Å². The van der Waals surface area contributed by atoms with Gasteiger partial charge in [0.15, 0.2) is 0 Å². The SMILES string of the molecule is CC(C)Cc1ccc(S(=O)(=O)Nc2cccc(NC(=O)CO)c2)cc1. The quantitative estimate of drug-likeness (QED) is 0.705. The fourth-order valence-corrected chi connectivity index (χ4v) is 3.40. The molecule has 0 aromatic heterocycles. The third kappa shape index (κ3) is 5.58. The number of nitrogens with one attached hydrogen (secondary N) is 2. The molecule has 0 saturated carbocycles. The van der Waals surface area contributed by atoms with Crippen LogP contribution in [0.3, 0.4) is 0 Å². The Bertz CT molecular complexity index is 830. The molecule has 2 rings (SSSR count). The van der Waals surface area contributed by atoms with Crippen LogP contribution >= 0.6 is 0 Å². The molecule has 0 radical (unpaired) electrons. The highest BCUT2D eigenvalue weighted by Crippen LogP contribution is 2.20. The van der Waals surface area contributed by atoms with Crippen molar-refractivity contribution in [2.75, 3.05) is 16.6 Å². The van der Waals surface area contributed by atoms with E-state index in [1.165, 1.54) is 6.07 Å². The van der Waals surface area contributed by atoms with Crippen LogP contribution in [-0.4, -0.2) is 26.0 Å². The summed E-state index contributed by atoms with van der Waals surface area (Å²) in [4.78, 5) is 11.4. The van der Waals surface area contributed by atoms with Crippen LogP contribution < -0.4 is 10.0 Å². The maximum atomic E-state index is 12.5. The molecule has 2 aromatic carbocycles. The van der Waals surface area contributed by atoms with Crippen molar-refractivity contribution in [3.05, 3.63) is 54.1 Å². The van der Waals surface area contributed by atoms with Gasteiger partial charge in [0, 0.05) is 5.69 Å². The first-order valence-corrected chi connectivity index (χ1v) is 9.41. The number of rotatable bonds is 7. The molecule has 0 fully saturated rings. The van der Waals surface area contributed by atoms with E-state index in [2.05, 4.69) is 23.9 Å². The Morgan fingerprint density at radius 3 is 2.32 bits per heavy atom. The van der Waals surface area contributed by atoms with Crippen molar-refractivity contribution in [2.45, 2.75) is 25.2 Å². The van der Waals surface area contributed by atoms with Gasteiger partial charge in [-0.25, -0.2) is 8.42 Å². The molecule has 0 aliphatic heterocycles. The summed E-state index contributed by atoms with van der Waals surface area (Å²) in [6, 6.07) is 13.1. The van der Waals surface area contributed by atoms with Crippen molar-refractivity contribution in [1.82, 2.24) is 0 Å². The van der Waals surface area contributed by atoms with E-state index in [0.29, 0.717) is 17.3 Å². The van der Waals surface area contributed by atoms with Gasteiger partial charge in [0.1, 0.15) is 6.61 Å². The Labute approximate surface area is 147 Å². The number of amides is 1. The van der Waals surface area contributed by atoms with Gasteiger partial charge >= 0.3 is 0 Å². The van der Waals surface area contributed by atoms with Gasteiger partial charge in [0.25, 0.3) is 10.0 Å². The van der Waals surface area contributed by atoms with Crippen LogP contribution in [0.25, 0.3) is 0 Å². The molecule has 0 unspecified atom stereocenters. The topological polar surface area (TPSA) is 95.5 Å². The first-order valence-electron chi connectivity index (χ1n) is 7.92. The lowest BCUT2D eigenvalue weighted by Gasteiger charge is -2.11. The number of hydrogen-bond acceptors (Lipinski definition) is 4. The number of benzene rings is 2. The summed E-state index contributed by atoms with van der Waals surface area (Å²) in [7, 11) is -3.72. The summed E-state index contributed by atoms with van der Waals surface area (Å²) in [5.74, 6) is -0.0711. The maximum Gasteiger partial charge on any atom is 0.261 e. The summed E-state index contributed by atoms with van der Waals surface area (Å²) >= 11 is 0. The molecule has 0 saturated heterocycles. The highest BCUT2D eigenvalue weighted by molar-refractivity contribution is 7.92. The highest BCUT2D eigenvalue weighted by atomic mass is 32.2. The second-order valence-corrected chi connectivity index (χ2v) is 7.82. The van der Waals surface area contributed by atoms with E-state index in [9.17, 15) is 13.2 Å². The average Bonchev–Trinajstić information content (AvgIpc) is 2.54. The lowest BCUT2D eigenvalue weighted by Crippen LogP contribution is -2.16. The van der Waals surface area contributed by atoms with E-state index in [1.54, 1.807) is 30.3 Å². The number of hydrogen-bond donors (Lipinski definition) is 3. The summed E-state index contributed by atoms with van der Waals surface area (Å²) in [6.07, 6.45) is 0.889. The standard InChI is InChI=1S/C18H22N2O4S/c1-13(2)10-14-6-8-17(9-7-14)25(23,24)20-16-5-3-4-15(11-16)19-18(22)12-21/h3-9,11,13,20-21H,10,12H2,1-2H3,(H,19,22). The van der Waals surface area contributed by atoms with Crippen LogP contribution in [0.5, 0.6) is 0 Å². The maximum absolute atomic E-state index is 12.5. The first kappa shape index (κ1) is 19.0. The zero-order chi connectivity index (χ0) is 18.4. The summed E-state index contributed by atoms with van der Waals surface area (Å²) in [5.41, 5.74) is 1.80. The summed E-state index contributed by atoms with van der Waals surface area (Å²) in [6.45, 7) is 3.57. The number of sulfonamides is 1. The molecule has 0 bridgehead atoms. The number of carbonyl (C=O) groups is 1. The van der Waals surface area contributed by atoms with E-state index in [-0.39, 0.29) is 4.90 Å². The molecule has 6 nitrogen and oxygen atoms in total. The monoisotopic (exact) mass is 362 g/mol. The van der Waals surface area contributed by atoms with Crippen LogP contribution in [0.4, 0.5) is 11.4 Å². The lowest BCUT2D eigenvalue weighted by molar-refractivity contribution is -0.118. The van der Waals surface area contributed by atoms with Gasteiger partial charge in [0.05, 0.1) is 10.6 Å². The zero-order valence-electron chi connectivity index (χ0n) is 14.2. The number of anilines is 2. The third-order valence-electron chi connectivity index (χ3n) is 3.42. The molecular weight excluding hydrogens is 340 g/mol. The highest BCUT2D eigenvalue weighted by Gasteiger charge is 2.14. The Hall–Kier alpha value is -2.38. The van der Waals surface area contributed by atoms with Gasteiger partial charge in [-0.3, -0.25) is 9.52 Å². The molecule has 3 N–H and O–H groups in total. The van der Waals surface area contributed by atoms with Crippen molar-refractivity contribution >= 4 is 27.3 Å². The van der Waals surface area contributed by atoms with E-state index < -0.39 is 22.5 Å². The van der Waals surface area contributed by atoms with Gasteiger partial charge in [-0.05, 0) is 48.2 Å².